The van der Waals surface area contributed by atoms with Gasteiger partial charge in [0.2, 0.25) is 0 Å². The second-order valence-electron chi connectivity index (χ2n) is 17.0. The molecule has 0 fully saturated rings. The van der Waals surface area contributed by atoms with Gasteiger partial charge in [-0.1, -0.05) is 221 Å². The molecule has 0 aliphatic rings. The third-order valence-electron chi connectivity index (χ3n) is 10.9. The maximum absolute atomic E-state index is 12.7. The zero-order valence-electron chi connectivity index (χ0n) is 40.9. The van der Waals surface area contributed by atoms with E-state index in [4.69, 9.17) is 14.2 Å². The third-order valence-corrected chi connectivity index (χ3v) is 10.9. The van der Waals surface area contributed by atoms with Gasteiger partial charge in [-0.2, -0.15) is 0 Å². The Labute approximate surface area is 384 Å². The van der Waals surface area contributed by atoms with Gasteiger partial charge >= 0.3 is 11.9 Å². The molecule has 62 heavy (non-hydrogen) atoms. The molecule has 0 N–H and O–H groups in total. The highest BCUT2D eigenvalue weighted by atomic mass is 16.6. The van der Waals surface area contributed by atoms with Crippen LogP contribution in [0.4, 0.5) is 0 Å². The first kappa shape index (κ1) is 59.1. The van der Waals surface area contributed by atoms with Gasteiger partial charge in [-0.3, -0.25) is 9.59 Å². The summed E-state index contributed by atoms with van der Waals surface area (Å²) in [6.45, 7) is 7.57. The first-order valence-corrected chi connectivity index (χ1v) is 26.1. The molecule has 0 bridgehead atoms. The van der Waals surface area contributed by atoms with Crippen molar-refractivity contribution in [1.29, 1.82) is 0 Å². The van der Waals surface area contributed by atoms with Crippen molar-refractivity contribution in [3.63, 3.8) is 0 Å². The Morgan fingerprint density at radius 1 is 0.371 bits per heavy atom. The Bertz CT molecular complexity index is 1160. The van der Waals surface area contributed by atoms with Crippen molar-refractivity contribution in [2.75, 3.05) is 19.8 Å². The zero-order chi connectivity index (χ0) is 44.9. The second-order valence-corrected chi connectivity index (χ2v) is 17.0. The molecule has 0 heterocycles. The molecule has 0 aliphatic heterocycles. The largest absolute Gasteiger partial charge is 0.462 e. The van der Waals surface area contributed by atoms with Crippen molar-refractivity contribution in [3.8, 4) is 0 Å². The summed E-state index contributed by atoms with van der Waals surface area (Å²) in [4.78, 5) is 25.3. The molecule has 0 saturated carbocycles. The monoisotopic (exact) mass is 863 g/mol. The van der Waals surface area contributed by atoms with Crippen LogP contribution in [0.5, 0.6) is 0 Å². The van der Waals surface area contributed by atoms with Gasteiger partial charge in [-0.25, -0.2) is 0 Å². The fourth-order valence-corrected chi connectivity index (χ4v) is 7.10. The van der Waals surface area contributed by atoms with E-state index < -0.39 is 6.10 Å². The normalized spacial score (nSPS) is 12.9. The molecule has 5 heteroatoms. The average molecular weight is 863 g/mol. The van der Waals surface area contributed by atoms with Crippen LogP contribution in [0.3, 0.4) is 0 Å². The quantitative estimate of drug-likeness (QED) is 0.0346. The topological polar surface area (TPSA) is 61.8 Å². The van der Waals surface area contributed by atoms with Crippen LogP contribution in [0.15, 0.2) is 85.1 Å². The number of hydrogen-bond donors (Lipinski definition) is 0. The van der Waals surface area contributed by atoms with Crippen LogP contribution >= 0.6 is 0 Å². The van der Waals surface area contributed by atoms with Gasteiger partial charge in [-0.05, 0) is 89.9 Å². The fourth-order valence-electron chi connectivity index (χ4n) is 7.10. The summed E-state index contributed by atoms with van der Waals surface area (Å²) in [6.07, 6.45) is 68.8. The highest BCUT2D eigenvalue weighted by molar-refractivity contribution is 5.70. The predicted molar refractivity (Wildman–Crippen MR) is 270 cm³/mol. The number of allylic oxidation sites excluding steroid dienone is 14. The summed E-state index contributed by atoms with van der Waals surface area (Å²) in [5, 5.41) is 0. The van der Waals surface area contributed by atoms with Crippen molar-refractivity contribution in [2.24, 2.45) is 0 Å². The molecule has 1 atom stereocenters. The Morgan fingerprint density at radius 2 is 0.726 bits per heavy atom. The number of rotatable bonds is 47. The minimum absolute atomic E-state index is 0.0728. The molecule has 0 aromatic carbocycles. The summed E-state index contributed by atoms with van der Waals surface area (Å²) in [6, 6.07) is 0. The van der Waals surface area contributed by atoms with Crippen LogP contribution in [0.25, 0.3) is 0 Å². The number of carbonyl (C=O) groups excluding carboxylic acids is 2. The summed E-state index contributed by atoms with van der Waals surface area (Å²) >= 11 is 0. The van der Waals surface area contributed by atoms with E-state index >= 15 is 0 Å². The van der Waals surface area contributed by atoms with Crippen LogP contribution in [-0.2, 0) is 23.8 Å². The Hall–Kier alpha value is -2.92. The number of unbranched alkanes of at least 4 members (excludes halogenated alkanes) is 22. The van der Waals surface area contributed by atoms with E-state index in [-0.39, 0.29) is 25.2 Å². The number of ether oxygens (including phenoxy) is 3. The van der Waals surface area contributed by atoms with Crippen molar-refractivity contribution in [2.45, 2.75) is 245 Å². The Kier molecular flexibility index (Phi) is 50.0. The highest BCUT2D eigenvalue weighted by Gasteiger charge is 2.17. The van der Waals surface area contributed by atoms with Crippen molar-refractivity contribution in [3.05, 3.63) is 85.1 Å². The summed E-state index contributed by atoms with van der Waals surface area (Å²) in [5.74, 6) is -0.418. The maximum Gasteiger partial charge on any atom is 0.306 e. The molecule has 5 nitrogen and oxygen atoms in total. The van der Waals surface area contributed by atoms with Crippen LogP contribution in [-0.4, -0.2) is 37.9 Å². The molecule has 0 amide bonds. The molecule has 0 rings (SSSR count). The van der Waals surface area contributed by atoms with E-state index in [0.29, 0.717) is 19.4 Å². The molecule has 0 aromatic heterocycles. The Morgan fingerprint density at radius 3 is 1.16 bits per heavy atom. The van der Waals surface area contributed by atoms with Crippen molar-refractivity contribution < 1.29 is 23.8 Å². The van der Waals surface area contributed by atoms with E-state index in [1.807, 2.05) is 0 Å². The zero-order valence-corrected chi connectivity index (χ0v) is 40.9. The first-order chi connectivity index (χ1) is 30.6. The van der Waals surface area contributed by atoms with E-state index in [9.17, 15) is 9.59 Å². The number of hydrogen-bond acceptors (Lipinski definition) is 5. The minimum atomic E-state index is -0.547. The van der Waals surface area contributed by atoms with Crippen LogP contribution in [0, 0.1) is 0 Å². The number of carbonyl (C=O) groups is 2. The standard InChI is InChI=1S/C57H98O5/c1-4-7-10-13-16-19-21-23-25-27-29-30-32-34-36-39-41-44-47-50-56(58)61-54-55(62-57(59)51-48-45-42-38-18-15-12-9-6-3)53-60-52-49-46-43-40-37-35-33-31-28-26-24-22-20-17-14-11-8-5-2/h7-8,10-11,16-17,19-20,23-26,29-30,55H,4-6,9,12-15,18,21-22,27-28,31-54H2,1-3H3/b10-7-,11-8-,19-16-,20-17-,25-23-,26-24-,30-29-. The van der Waals surface area contributed by atoms with Gasteiger partial charge in [0, 0.05) is 19.4 Å². The molecule has 0 radical (unpaired) electrons. The summed E-state index contributed by atoms with van der Waals surface area (Å²) < 4.78 is 17.4. The van der Waals surface area contributed by atoms with Crippen molar-refractivity contribution >= 4 is 11.9 Å². The SMILES string of the molecule is CC/C=C\C/C=C\C/C=C\C/C=C\CCCCCCCCC(=O)OCC(COCCCCCCCCCC/C=C\C/C=C\C/C=C\CC)OC(=O)CCCCCCCCCCC. The lowest BCUT2D eigenvalue weighted by molar-refractivity contribution is -0.163. The highest BCUT2D eigenvalue weighted by Crippen LogP contribution is 2.14. The second kappa shape index (κ2) is 52.4. The number of esters is 2. The fraction of sp³-hybridized carbons (Fsp3) is 0.719. The van der Waals surface area contributed by atoms with Gasteiger partial charge in [0.1, 0.15) is 6.61 Å². The van der Waals surface area contributed by atoms with Crippen molar-refractivity contribution in [1.82, 2.24) is 0 Å². The van der Waals surface area contributed by atoms with Crippen LogP contribution in [0.2, 0.25) is 0 Å². The minimum Gasteiger partial charge on any atom is -0.462 e. The van der Waals surface area contributed by atoms with E-state index in [1.165, 1.54) is 109 Å². The van der Waals surface area contributed by atoms with E-state index in [1.54, 1.807) is 0 Å². The molecule has 0 saturated heterocycles. The smallest absolute Gasteiger partial charge is 0.306 e. The predicted octanol–water partition coefficient (Wildman–Crippen LogP) is 17.7. The molecule has 1 unspecified atom stereocenters. The lowest BCUT2D eigenvalue weighted by Crippen LogP contribution is -2.30. The van der Waals surface area contributed by atoms with E-state index in [2.05, 4.69) is 106 Å². The van der Waals surface area contributed by atoms with Crippen LogP contribution < -0.4 is 0 Å². The van der Waals surface area contributed by atoms with Crippen LogP contribution in [0.1, 0.15) is 239 Å². The molecular formula is C57H98O5. The molecule has 356 valence electrons. The van der Waals surface area contributed by atoms with Gasteiger partial charge in [0.05, 0.1) is 6.61 Å². The summed E-state index contributed by atoms with van der Waals surface area (Å²) in [7, 11) is 0. The lowest BCUT2D eigenvalue weighted by Gasteiger charge is -2.18. The van der Waals surface area contributed by atoms with Gasteiger partial charge in [0.15, 0.2) is 6.10 Å². The molecule has 0 aromatic rings. The van der Waals surface area contributed by atoms with E-state index in [0.717, 1.165) is 96.3 Å². The first-order valence-electron chi connectivity index (χ1n) is 26.1. The average Bonchev–Trinajstić information content (AvgIpc) is 3.27. The maximum atomic E-state index is 12.7. The van der Waals surface area contributed by atoms with Gasteiger partial charge in [0.25, 0.3) is 0 Å². The molecule has 0 aliphatic carbocycles. The molecular weight excluding hydrogens is 765 g/mol. The third kappa shape index (κ3) is 49.7. The summed E-state index contributed by atoms with van der Waals surface area (Å²) in [5.41, 5.74) is 0. The Balaban J connectivity index is 4.22. The van der Waals surface area contributed by atoms with Gasteiger partial charge in [-0.15, -0.1) is 0 Å². The van der Waals surface area contributed by atoms with Gasteiger partial charge < -0.3 is 14.2 Å². The lowest BCUT2D eigenvalue weighted by atomic mass is 10.1. The molecule has 0 spiro atoms.